The molecule has 0 amide bonds. The van der Waals surface area contributed by atoms with E-state index in [1.807, 2.05) is 0 Å². The third kappa shape index (κ3) is 2.68. The second kappa shape index (κ2) is 5.91. The number of halogens is 2. The van der Waals surface area contributed by atoms with E-state index in [4.69, 9.17) is 15.4 Å². The number of hydrogen-bond acceptors (Lipinski definition) is 4. The Bertz CT molecular complexity index is 1030. The SMILES string of the molecule is Cn1c(=O)oc2ccc(-c3cc(F)c(CC(N)C#N)cc3F)cc21. The topological polar surface area (TPSA) is 84.9 Å². The minimum absolute atomic E-state index is 0.0436. The number of nitriles is 1. The highest BCUT2D eigenvalue weighted by molar-refractivity contribution is 5.80. The first kappa shape index (κ1) is 15.9. The van der Waals surface area contributed by atoms with Gasteiger partial charge in [-0.3, -0.25) is 4.57 Å². The number of hydrogen-bond donors (Lipinski definition) is 1. The van der Waals surface area contributed by atoms with Crippen LogP contribution in [0.1, 0.15) is 5.56 Å². The smallest absolute Gasteiger partial charge is 0.408 e. The van der Waals surface area contributed by atoms with Crippen LogP contribution in [-0.4, -0.2) is 10.6 Å². The molecule has 5 nitrogen and oxygen atoms in total. The van der Waals surface area contributed by atoms with Gasteiger partial charge in [-0.15, -0.1) is 0 Å². The maximum atomic E-state index is 14.4. The van der Waals surface area contributed by atoms with Crippen molar-refractivity contribution >= 4 is 11.1 Å². The Balaban J connectivity index is 2.10. The maximum absolute atomic E-state index is 14.4. The summed E-state index contributed by atoms with van der Waals surface area (Å²) in [5.74, 6) is -1.81. The molecule has 24 heavy (non-hydrogen) atoms. The Morgan fingerprint density at radius 3 is 2.75 bits per heavy atom. The molecule has 0 spiro atoms. The summed E-state index contributed by atoms with van der Waals surface area (Å²) in [6.45, 7) is 0. The van der Waals surface area contributed by atoms with Crippen LogP contribution in [0.25, 0.3) is 22.2 Å². The summed E-state index contributed by atoms with van der Waals surface area (Å²) >= 11 is 0. The summed E-state index contributed by atoms with van der Waals surface area (Å²) in [6.07, 6.45) is -0.0746. The fraction of sp³-hybridized carbons (Fsp3) is 0.176. The van der Waals surface area contributed by atoms with Gasteiger partial charge in [-0.05, 0) is 35.4 Å². The van der Waals surface area contributed by atoms with Crippen molar-refractivity contribution in [3.8, 4) is 17.2 Å². The molecule has 1 unspecified atom stereocenters. The van der Waals surface area contributed by atoms with Crippen LogP contribution in [-0.2, 0) is 13.5 Å². The molecular weight excluding hydrogens is 316 g/mol. The molecule has 1 aromatic heterocycles. The molecule has 0 radical (unpaired) electrons. The van der Waals surface area contributed by atoms with Crippen LogP contribution in [0.2, 0.25) is 0 Å². The molecule has 0 saturated carbocycles. The summed E-state index contributed by atoms with van der Waals surface area (Å²) in [4.78, 5) is 11.5. The average molecular weight is 329 g/mol. The lowest BCUT2D eigenvalue weighted by Gasteiger charge is -2.09. The molecule has 0 fully saturated rings. The van der Waals surface area contributed by atoms with Gasteiger partial charge in [-0.1, -0.05) is 6.07 Å². The Morgan fingerprint density at radius 1 is 1.29 bits per heavy atom. The summed E-state index contributed by atoms with van der Waals surface area (Å²) in [6, 6.07) is 7.62. The van der Waals surface area contributed by atoms with E-state index in [-0.39, 0.29) is 17.5 Å². The number of benzene rings is 2. The molecule has 122 valence electrons. The Kier molecular flexibility index (Phi) is 3.91. The quantitative estimate of drug-likeness (QED) is 0.800. The molecule has 3 aromatic rings. The van der Waals surface area contributed by atoms with Crippen LogP contribution >= 0.6 is 0 Å². The first-order valence-electron chi connectivity index (χ1n) is 7.13. The van der Waals surface area contributed by atoms with Crippen molar-refractivity contribution in [1.29, 1.82) is 5.26 Å². The molecule has 0 aliphatic carbocycles. The predicted octanol–water partition coefficient (Wildman–Crippen LogP) is 2.47. The highest BCUT2D eigenvalue weighted by atomic mass is 19.1. The largest absolute Gasteiger partial charge is 0.419 e. The summed E-state index contributed by atoms with van der Waals surface area (Å²) in [7, 11) is 1.53. The molecule has 0 saturated heterocycles. The van der Waals surface area contributed by atoms with E-state index in [2.05, 4.69) is 0 Å². The van der Waals surface area contributed by atoms with Gasteiger partial charge in [-0.25, -0.2) is 13.6 Å². The van der Waals surface area contributed by atoms with E-state index in [1.165, 1.54) is 17.7 Å². The molecule has 2 N–H and O–H groups in total. The first-order chi connectivity index (χ1) is 11.4. The highest BCUT2D eigenvalue weighted by Crippen LogP contribution is 2.28. The van der Waals surface area contributed by atoms with Crippen LogP contribution in [0.5, 0.6) is 0 Å². The van der Waals surface area contributed by atoms with E-state index in [9.17, 15) is 13.6 Å². The van der Waals surface area contributed by atoms with E-state index in [0.29, 0.717) is 16.7 Å². The predicted molar refractivity (Wildman–Crippen MR) is 84.1 cm³/mol. The zero-order valence-corrected chi connectivity index (χ0v) is 12.7. The molecule has 7 heteroatoms. The van der Waals surface area contributed by atoms with Crippen LogP contribution < -0.4 is 11.5 Å². The normalized spacial score (nSPS) is 12.3. The standard InChI is InChI=1S/C17H13F2N3O2/c1-22-15-6-9(2-3-16(15)24-17(22)23)12-7-13(18)10(5-14(12)19)4-11(21)8-20/h2-3,5-7,11H,4,21H2,1H3. The lowest BCUT2D eigenvalue weighted by atomic mass is 9.99. The van der Waals surface area contributed by atoms with Gasteiger partial charge in [0.1, 0.15) is 11.6 Å². The van der Waals surface area contributed by atoms with Crippen LogP contribution in [0.3, 0.4) is 0 Å². The number of aryl methyl sites for hydroxylation is 1. The van der Waals surface area contributed by atoms with Gasteiger partial charge < -0.3 is 10.2 Å². The number of fused-ring (bicyclic) bond motifs is 1. The fourth-order valence-corrected chi connectivity index (χ4v) is 2.54. The maximum Gasteiger partial charge on any atom is 0.419 e. The molecule has 1 heterocycles. The van der Waals surface area contributed by atoms with Crippen molar-refractivity contribution in [3.63, 3.8) is 0 Å². The van der Waals surface area contributed by atoms with Crippen LogP contribution in [0.4, 0.5) is 8.78 Å². The molecule has 3 rings (SSSR count). The summed E-state index contributed by atoms with van der Waals surface area (Å²) in [5, 5.41) is 8.69. The molecule has 0 aliphatic heterocycles. The van der Waals surface area contributed by atoms with Crippen LogP contribution in [0, 0.1) is 23.0 Å². The Morgan fingerprint density at radius 2 is 2.04 bits per heavy atom. The summed E-state index contributed by atoms with van der Waals surface area (Å²) < 4.78 is 34.9. The lowest BCUT2D eigenvalue weighted by molar-refractivity contribution is 0.528. The number of nitrogens with zero attached hydrogens (tertiary/aromatic N) is 2. The molecule has 0 bridgehead atoms. The van der Waals surface area contributed by atoms with Crippen molar-refractivity contribution in [2.45, 2.75) is 12.5 Å². The monoisotopic (exact) mass is 329 g/mol. The number of aromatic nitrogens is 1. The fourth-order valence-electron chi connectivity index (χ4n) is 2.54. The van der Waals surface area contributed by atoms with Gasteiger partial charge >= 0.3 is 5.76 Å². The lowest BCUT2D eigenvalue weighted by Crippen LogP contribution is -2.20. The van der Waals surface area contributed by atoms with E-state index in [0.717, 1.165) is 12.1 Å². The van der Waals surface area contributed by atoms with Gasteiger partial charge in [-0.2, -0.15) is 5.26 Å². The van der Waals surface area contributed by atoms with Crippen molar-refractivity contribution in [3.05, 3.63) is 58.1 Å². The van der Waals surface area contributed by atoms with E-state index >= 15 is 0 Å². The Labute approximate surface area is 135 Å². The van der Waals surface area contributed by atoms with Gasteiger partial charge in [0, 0.05) is 19.0 Å². The van der Waals surface area contributed by atoms with Gasteiger partial charge in [0.2, 0.25) is 0 Å². The van der Waals surface area contributed by atoms with Gasteiger partial charge in [0.25, 0.3) is 0 Å². The molecule has 1 atom stereocenters. The van der Waals surface area contributed by atoms with Gasteiger partial charge in [0.05, 0.1) is 17.6 Å². The van der Waals surface area contributed by atoms with E-state index < -0.39 is 23.4 Å². The van der Waals surface area contributed by atoms with E-state index in [1.54, 1.807) is 18.2 Å². The Hall–Kier alpha value is -2.98. The van der Waals surface area contributed by atoms with Crippen LogP contribution in [0.15, 0.2) is 39.5 Å². The average Bonchev–Trinajstić information content (AvgIpc) is 2.84. The third-order valence-corrected chi connectivity index (χ3v) is 3.84. The van der Waals surface area contributed by atoms with Crippen molar-refractivity contribution in [1.82, 2.24) is 4.57 Å². The molecule has 0 aliphatic rings. The summed E-state index contributed by atoms with van der Waals surface area (Å²) in [5.41, 5.74) is 6.81. The minimum Gasteiger partial charge on any atom is -0.408 e. The third-order valence-electron chi connectivity index (χ3n) is 3.84. The molecular formula is C17H13F2N3O2. The zero-order valence-electron chi connectivity index (χ0n) is 12.7. The second-order valence-corrected chi connectivity index (χ2v) is 5.47. The first-order valence-corrected chi connectivity index (χ1v) is 7.13. The highest BCUT2D eigenvalue weighted by Gasteiger charge is 2.15. The number of oxazole rings is 1. The van der Waals surface area contributed by atoms with Crippen molar-refractivity contribution in [2.75, 3.05) is 0 Å². The number of nitrogens with two attached hydrogens (primary N) is 1. The second-order valence-electron chi connectivity index (χ2n) is 5.47. The van der Waals surface area contributed by atoms with Crippen molar-refractivity contribution in [2.24, 2.45) is 12.8 Å². The van der Waals surface area contributed by atoms with Gasteiger partial charge in [0.15, 0.2) is 5.58 Å². The number of rotatable bonds is 3. The zero-order chi connectivity index (χ0) is 17.4. The molecule has 2 aromatic carbocycles. The minimum atomic E-state index is -0.901. The van der Waals surface area contributed by atoms with Crippen molar-refractivity contribution < 1.29 is 13.2 Å².